The highest BCUT2D eigenvalue weighted by Gasteiger charge is 2.07. The van der Waals surface area contributed by atoms with Crippen molar-refractivity contribution in [2.75, 3.05) is 26.4 Å². The van der Waals surface area contributed by atoms with E-state index in [0.717, 1.165) is 19.8 Å². The Morgan fingerprint density at radius 2 is 2.00 bits per heavy atom. The summed E-state index contributed by atoms with van der Waals surface area (Å²) in [6, 6.07) is 0. The highest BCUT2D eigenvalue weighted by atomic mass is 16.5. The van der Waals surface area contributed by atoms with Crippen LogP contribution in [-0.2, 0) is 23.1 Å². The van der Waals surface area contributed by atoms with Gasteiger partial charge in [0.05, 0.1) is 26.9 Å². The lowest BCUT2D eigenvalue weighted by molar-refractivity contribution is -0.677. The Morgan fingerprint density at radius 1 is 1.27 bits per heavy atom. The van der Waals surface area contributed by atoms with Crippen LogP contribution >= 0.6 is 0 Å². The topological polar surface area (TPSA) is 27.3 Å². The average molecular weight is 213 g/mol. The molecule has 4 heteroatoms. The number of ether oxygens (including phenoxy) is 2. The van der Waals surface area contributed by atoms with E-state index in [1.54, 1.807) is 0 Å². The zero-order chi connectivity index (χ0) is 11.1. The predicted molar refractivity (Wildman–Crippen MR) is 57.7 cm³/mol. The Balaban J connectivity index is 2.12. The van der Waals surface area contributed by atoms with E-state index < -0.39 is 0 Å². The maximum absolute atomic E-state index is 5.45. The minimum atomic E-state index is 0.681. The van der Waals surface area contributed by atoms with Crippen LogP contribution in [0.15, 0.2) is 12.4 Å². The molecule has 0 unspecified atom stereocenters. The van der Waals surface area contributed by atoms with Crippen LogP contribution in [0.25, 0.3) is 0 Å². The number of imidazole rings is 1. The van der Waals surface area contributed by atoms with E-state index in [0.29, 0.717) is 13.2 Å². The van der Waals surface area contributed by atoms with E-state index in [2.05, 4.69) is 28.5 Å². The van der Waals surface area contributed by atoms with E-state index in [-0.39, 0.29) is 0 Å². The summed E-state index contributed by atoms with van der Waals surface area (Å²) in [5.41, 5.74) is 0. The van der Waals surface area contributed by atoms with Crippen LogP contribution in [0.4, 0.5) is 0 Å². The van der Waals surface area contributed by atoms with Gasteiger partial charge in [0, 0.05) is 13.5 Å². The third-order valence-corrected chi connectivity index (χ3v) is 2.45. The van der Waals surface area contributed by atoms with E-state index in [1.807, 2.05) is 14.0 Å². The van der Waals surface area contributed by atoms with E-state index in [9.17, 15) is 0 Å². The number of rotatable bonds is 7. The zero-order valence-corrected chi connectivity index (χ0v) is 9.90. The second kappa shape index (κ2) is 6.58. The lowest BCUT2D eigenvalue weighted by Gasteiger charge is -2.03. The number of nitrogens with zero attached hydrogens (tertiary/aromatic N) is 2. The van der Waals surface area contributed by atoms with Gasteiger partial charge >= 0.3 is 0 Å². The molecule has 1 heterocycles. The normalized spacial score (nSPS) is 10.9. The fourth-order valence-corrected chi connectivity index (χ4v) is 1.36. The minimum absolute atomic E-state index is 0.681. The molecule has 1 rings (SSSR count). The van der Waals surface area contributed by atoms with Crippen molar-refractivity contribution >= 4 is 0 Å². The molecule has 0 amide bonds. The Hall–Kier alpha value is -0.870. The molecular formula is C11H21N2O2+. The summed E-state index contributed by atoms with van der Waals surface area (Å²) in [6.45, 7) is 7.86. The van der Waals surface area contributed by atoms with Crippen LogP contribution < -0.4 is 4.57 Å². The Morgan fingerprint density at radius 3 is 2.60 bits per heavy atom. The molecule has 0 fully saturated rings. The van der Waals surface area contributed by atoms with Gasteiger partial charge in [-0.1, -0.05) is 0 Å². The number of aryl methyl sites for hydroxylation is 1. The highest BCUT2D eigenvalue weighted by molar-refractivity contribution is 4.78. The van der Waals surface area contributed by atoms with Crippen molar-refractivity contribution in [1.29, 1.82) is 0 Å². The van der Waals surface area contributed by atoms with Gasteiger partial charge in [-0.25, -0.2) is 9.13 Å². The fourth-order valence-electron chi connectivity index (χ4n) is 1.36. The summed E-state index contributed by atoms with van der Waals surface area (Å²) in [6.07, 6.45) is 4.12. The first-order valence-electron chi connectivity index (χ1n) is 5.42. The monoisotopic (exact) mass is 213 g/mol. The largest absolute Gasteiger partial charge is 0.379 e. The Kier molecular flexibility index (Phi) is 5.36. The zero-order valence-electron chi connectivity index (χ0n) is 9.90. The van der Waals surface area contributed by atoms with E-state index in [4.69, 9.17) is 9.47 Å². The summed E-state index contributed by atoms with van der Waals surface area (Å²) < 4.78 is 14.9. The molecule has 0 saturated heterocycles. The first-order valence-corrected chi connectivity index (χ1v) is 5.42. The molecule has 1 aromatic heterocycles. The third kappa shape index (κ3) is 4.01. The van der Waals surface area contributed by atoms with Crippen molar-refractivity contribution in [1.82, 2.24) is 4.57 Å². The fraction of sp³-hybridized carbons (Fsp3) is 0.727. The van der Waals surface area contributed by atoms with Gasteiger partial charge in [-0.15, -0.1) is 0 Å². The molecule has 0 N–H and O–H groups in total. The second-order valence-corrected chi connectivity index (χ2v) is 3.46. The van der Waals surface area contributed by atoms with Gasteiger partial charge in [-0.2, -0.15) is 0 Å². The van der Waals surface area contributed by atoms with Crippen LogP contribution in [0.3, 0.4) is 0 Å². The molecule has 0 aliphatic carbocycles. The van der Waals surface area contributed by atoms with Crippen molar-refractivity contribution in [3.63, 3.8) is 0 Å². The second-order valence-electron chi connectivity index (χ2n) is 3.46. The van der Waals surface area contributed by atoms with Crippen LogP contribution in [0, 0.1) is 6.92 Å². The summed E-state index contributed by atoms with van der Waals surface area (Å²) >= 11 is 0. The first-order chi connectivity index (χ1) is 7.25. The van der Waals surface area contributed by atoms with Gasteiger partial charge in [0.1, 0.15) is 18.9 Å². The molecule has 0 spiro atoms. The summed E-state index contributed by atoms with van der Waals surface area (Å²) in [4.78, 5) is 0. The van der Waals surface area contributed by atoms with Gasteiger partial charge in [-0.05, 0) is 6.92 Å². The van der Waals surface area contributed by atoms with Crippen LogP contribution in [-0.4, -0.2) is 31.0 Å². The number of aromatic nitrogens is 2. The quantitative estimate of drug-likeness (QED) is 0.492. The SMILES string of the molecule is CCOCCOCCn1cc[n+](C)c1C. The molecule has 0 bridgehead atoms. The van der Waals surface area contributed by atoms with Gasteiger partial charge in [0.25, 0.3) is 5.82 Å². The maximum Gasteiger partial charge on any atom is 0.253 e. The molecule has 0 aliphatic rings. The maximum atomic E-state index is 5.45. The van der Waals surface area contributed by atoms with Crippen LogP contribution in [0.2, 0.25) is 0 Å². The molecule has 15 heavy (non-hydrogen) atoms. The average Bonchev–Trinajstić information content (AvgIpc) is 2.54. The van der Waals surface area contributed by atoms with E-state index >= 15 is 0 Å². The van der Waals surface area contributed by atoms with Gasteiger partial charge in [-0.3, -0.25) is 0 Å². The Bertz CT molecular complexity index is 284. The predicted octanol–water partition coefficient (Wildman–Crippen LogP) is 0.674. The molecule has 0 radical (unpaired) electrons. The van der Waals surface area contributed by atoms with Crippen LogP contribution in [0.5, 0.6) is 0 Å². The third-order valence-electron chi connectivity index (χ3n) is 2.45. The minimum Gasteiger partial charge on any atom is -0.379 e. The molecule has 0 aliphatic heterocycles. The van der Waals surface area contributed by atoms with E-state index in [1.165, 1.54) is 5.82 Å². The van der Waals surface area contributed by atoms with Crippen molar-refractivity contribution in [2.24, 2.45) is 7.05 Å². The molecule has 0 atom stereocenters. The summed E-state index contributed by atoms with van der Waals surface area (Å²) in [5.74, 6) is 1.24. The lowest BCUT2D eigenvalue weighted by Crippen LogP contribution is -2.30. The van der Waals surface area contributed by atoms with Gasteiger partial charge < -0.3 is 9.47 Å². The van der Waals surface area contributed by atoms with Crippen molar-refractivity contribution in [3.05, 3.63) is 18.2 Å². The molecule has 4 nitrogen and oxygen atoms in total. The molecule has 0 saturated carbocycles. The first kappa shape index (κ1) is 12.2. The number of hydrogen-bond acceptors (Lipinski definition) is 2. The summed E-state index contributed by atoms with van der Waals surface area (Å²) in [5, 5.41) is 0. The highest BCUT2D eigenvalue weighted by Crippen LogP contribution is 1.92. The molecular weight excluding hydrogens is 192 g/mol. The summed E-state index contributed by atoms with van der Waals surface area (Å²) in [7, 11) is 2.04. The molecule has 86 valence electrons. The molecule has 0 aromatic carbocycles. The van der Waals surface area contributed by atoms with Crippen molar-refractivity contribution in [3.8, 4) is 0 Å². The standard InChI is InChI=1S/C11H21N2O2/c1-4-14-9-10-15-8-7-13-6-5-12(3)11(13)2/h5-6H,4,7-10H2,1-3H3/q+1. The van der Waals surface area contributed by atoms with Gasteiger partial charge in [0.15, 0.2) is 0 Å². The Labute approximate surface area is 91.4 Å². The number of hydrogen-bond donors (Lipinski definition) is 0. The van der Waals surface area contributed by atoms with Crippen molar-refractivity contribution in [2.45, 2.75) is 20.4 Å². The smallest absolute Gasteiger partial charge is 0.253 e. The van der Waals surface area contributed by atoms with Crippen LogP contribution in [0.1, 0.15) is 12.7 Å². The lowest BCUT2D eigenvalue weighted by atomic mass is 10.6. The van der Waals surface area contributed by atoms with Crippen molar-refractivity contribution < 1.29 is 14.0 Å². The molecule has 1 aromatic rings. The van der Waals surface area contributed by atoms with Gasteiger partial charge in [0.2, 0.25) is 0 Å².